The summed E-state index contributed by atoms with van der Waals surface area (Å²) in [5.74, 6) is 0. The van der Waals surface area contributed by atoms with Crippen LogP contribution in [0.2, 0.25) is 0 Å². The molecule has 1 aliphatic rings. The normalized spacial score (nSPS) is 17.3. The monoisotopic (exact) mass is 374 g/mol. The lowest BCUT2D eigenvalue weighted by Gasteiger charge is -2.34. The minimum Gasteiger partial charge on any atom is -0.295 e. The van der Waals surface area contributed by atoms with Gasteiger partial charge in [-0.3, -0.25) is 9.88 Å². The number of nitrogens with zero attached hydrogens (tertiary/aromatic N) is 2. The molecule has 0 radical (unpaired) electrons. The summed E-state index contributed by atoms with van der Waals surface area (Å²) in [6.07, 6.45) is 10.7. The van der Waals surface area contributed by atoms with Gasteiger partial charge in [-0.05, 0) is 40.4 Å². The highest BCUT2D eigenvalue weighted by molar-refractivity contribution is 9.10. The summed E-state index contributed by atoms with van der Waals surface area (Å²) in [5.41, 5.74) is 1.30. The van der Waals surface area contributed by atoms with Crippen LogP contribution >= 0.6 is 31.9 Å². The zero-order valence-electron chi connectivity index (χ0n) is 10.6. The molecule has 0 saturated heterocycles. The van der Waals surface area contributed by atoms with E-state index in [1.165, 1.54) is 37.7 Å². The van der Waals surface area contributed by atoms with Crippen LogP contribution in [0.3, 0.4) is 0 Å². The third-order valence-electron chi connectivity index (χ3n) is 3.61. The predicted octanol–water partition coefficient (Wildman–Crippen LogP) is 4.37. The van der Waals surface area contributed by atoms with Crippen LogP contribution in [0.15, 0.2) is 22.9 Å². The van der Waals surface area contributed by atoms with Crippen molar-refractivity contribution in [2.75, 3.05) is 11.9 Å². The Hall–Kier alpha value is 0.0700. The maximum absolute atomic E-state index is 4.26. The van der Waals surface area contributed by atoms with Crippen LogP contribution in [0.5, 0.6) is 0 Å². The van der Waals surface area contributed by atoms with Crippen LogP contribution in [0.4, 0.5) is 0 Å². The molecule has 0 amide bonds. The molecule has 18 heavy (non-hydrogen) atoms. The van der Waals surface area contributed by atoms with E-state index in [4.69, 9.17) is 0 Å². The number of halogens is 2. The molecule has 0 aliphatic heterocycles. The molecule has 0 atom stereocenters. The first-order valence-corrected chi connectivity index (χ1v) is 8.60. The van der Waals surface area contributed by atoms with Gasteiger partial charge in [-0.15, -0.1) is 0 Å². The van der Waals surface area contributed by atoms with Crippen molar-refractivity contribution in [1.82, 2.24) is 9.88 Å². The van der Waals surface area contributed by atoms with Gasteiger partial charge in [0.05, 0.1) is 0 Å². The largest absolute Gasteiger partial charge is 0.295 e. The Kier molecular flexibility index (Phi) is 6.12. The molecule has 4 heteroatoms. The van der Waals surface area contributed by atoms with Gasteiger partial charge >= 0.3 is 0 Å². The first-order valence-electron chi connectivity index (χ1n) is 6.69. The molecule has 0 unspecified atom stereocenters. The molecule has 1 saturated carbocycles. The Bertz CT molecular complexity index is 365. The molecule has 1 aliphatic carbocycles. The Morgan fingerprint density at radius 1 is 1.22 bits per heavy atom. The van der Waals surface area contributed by atoms with Crippen LogP contribution in [0.1, 0.15) is 37.7 Å². The molecule has 0 aromatic carbocycles. The Labute approximate surface area is 126 Å². The number of aromatic nitrogens is 1. The van der Waals surface area contributed by atoms with Gasteiger partial charge in [-0.1, -0.05) is 35.2 Å². The van der Waals surface area contributed by atoms with Crippen molar-refractivity contribution in [2.24, 2.45) is 0 Å². The molecule has 1 aromatic rings. The van der Waals surface area contributed by atoms with Gasteiger partial charge in [0.2, 0.25) is 0 Å². The summed E-state index contributed by atoms with van der Waals surface area (Å²) >= 11 is 7.07. The molecule has 2 rings (SSSR count). The average molecular weight is 376 g/mol. The van der Waals surface area contributed by atoms with E-state index < -0.39 is 0 Å². The third kappa shape index (κ3) is 4.32. The van der Waals surface area contributed by atoms with Crippen molar-refractivity contribution >= 4 is 31.9 Å². The van der Waals surface area contributed by atoms with Crippen LogP contribution < -0.4 is 0 Å². The smallest absolute Gasteiger partial charge is 0.0410 e. The highest BCUT2D eigenvalue weighted by atomic mass is 79.9. The second kappa shape index (κ2) is 7.61. The number of alkyl halides is 1. The first-order chi connectivity index (χ1) is 8.79. The topological polar surface area (TPSA) is 16.1 Å². The van der Waals surface area contributed by atoms with E-state index in [9.17, 15) is 0 Å². The van der Waals surface area contributed by atoms with E-state index in [0.717, 1.165) is 28.9 Å². The molecule has 0 spiro atoms. The van der Waals surface area contributed by atoms with Crippen LogP contribution in [0, 0.1) is 0 Å². The highest BCUT2D eigenvalue weighted by Gasteiger charge is 2.20. The van der Waals surface area contributed by atoms with Gasteiger partial charge < -0.3 is 0 Å². The second-order valence-electron chi connectivity index (χ2n) is 4.96. The number of rotatable bonds is 5. The standard InChI is InChI=1S/C14H20Br2N2/c15-6-7-18(14-4-2-1-3-5-14)11-12-8-13(16)10-17-9-12/h8-10,14H,1-7,11H2. The fourth-order valence-corrected chi connectivity index (χ4v) is 3.59. The number of pyridine rings is 1. The average Bonchev–Trinajstić information content (AvgIpc) is 2.39. The summed E-state index contributed by atoms with van der Waals surface area (Å²) in [4.78, 5) is 6.87. The Morgan fingerprint density at radius 2 is 2.00 bits per heavy atom. The van der Waals surface area contributed by atoms with Crippen molar-refractivity contribution in [2.45, 2.75) is 44.7 Å². The van der Waals surface area contributed by atoms with Gasteiger partial charge in [-0.25, -0.2) is 0 Å². The lowest BCUT2D eigenvalue weighted by atomic mass is 9.94. The zero-order chi connectivity index (χ0) is 12.8. The molecule has 0 N–H and O–H groups in total. The van der Waals surface area contributed by atoms with Crippen LogP contribution in [-0.4, -0.2) is 27.8 Å². The zero-order valence-corrected chi connectivity index (χ0v) is 13.8. The summed E-state index contributed by atoms with van der Waals surface area (Å²) < 4.78 is 1.07. The Morgan fingerprint density at radius 3 is 2.67 bits per heavy atom. The summed E-state index contributed by atoms with van der Waals surface area (Å²) in [7, 11) is 0. The third-order valence-corrected chi connectivity index (χ3v) is 4.40. The molecular weight excluding hydrogens is 356 g/mol. The van der Waals surface area contributed by atoms with Gasteiger partial charge in [0, 0.05) is 41.3 Å². The molecule has 100 valence electrons. The highest BCUT2D eigenvalue weighted by Crippen LogP contribution is 2.24. The van der Waals surface area contributed by atoms with Crippen molar-refractivity contribution in [3.8, 4) is 0 Å². The molecule has 1 aromatic heterocycles. The van der Waals surface area contributed by atoms with E-state index in [0.29, 0.717) is 0 Å². The summed E-state index contributed by atoms with van der Waals surface area (Å²) in [6, 6.07) is 2.94. The van der Waals surface area contributed by atoms with Gasteiger partial charge in [0.15, 0.2) is 0 Å². The van der Waals surface area contributed by atoms with Gasteiger partial charge in [0.25, 0.3) is 0 Å². The SMILES string of the molecule is BrCCN(Cc1cncc(Br)c1)C1CCCCC1. The Balaban J connectivity index is 2.00. The maximum atomic E-state index is 4.26. The van der Waals surface area contributed by atoms with Crippen molar-refractivity contribution in [1.29, 1.82) is 0 Å². The first kappa shape index (κ1) is 14.5. The molecule has 1 heterocycles. The van der Waals surface area contributed by atoms with Crippen molar-refractivity contribution < 1.29 is 0 Å². The maximum Gasteiger partial charge on any atom is 0.0410 e. The predicted molar refractivity (Wildman–Crippen MR) is 83.0 cm³/mol. The molecule has 2 nitrogen and oxygen atoms in total. The van der Waals surface area contributed by atoms with Gasteiger partial charge in [-0.2, -0.15) is 0 Å². The fraction of sp³-hybridized carbons (Fsp3) is 0.643. The van der Waals surface area contributed by atoms with Crippen LogP contribution in [-0.2, 0) is 6.54 Å². The van der Waals surface area contributed by atoms with Crippen molar-refractivity contribution in [3.05, 3.63) is 28.5 Å². The van der Waals surface area contributed by atoms with E-state index in [1.807, 2.05) is 12.4 Å². The van der Waals surface area contributed by atoms with Gasteiger partial charge in [0.1, 0.15) is 0 Å². The molecule has 1 fully saturated rings. The fourth-order valence-electron chi connectivity index (χ4n) is 2.72. The number of hydrogen-bond acceptors (Lipinski definition) is 2. The van der Waals surface area contributed by atoms with Crippen molar-refractivity contribution in [3.63, 3.8) is 0 Å². The van der Waals surface area contributed by atoms with E-state index in [2.05, 4.69) is 47.8 Å². The van der Waals surface area contributed by atoms with E-state index in [1.54, 1.807) is 0 Å². The lowest BCUT2D eigenvalue weighted by molar-refractivity contribution is 0.157. The van der Waals surface area contributed by atoms with E-state index in [-0.39, 0.29) is 0 Å². The minimum absolute atomic E-state index is 0.760. The second-order valence-corrected chi connectivity index (χ2v) is 6.67. The number of hydrogen-bond donors (Lipinski definition) is 0. The lowest BCUT2D eigenvalue weighted by Crippen LogP contribution is -2.37. The summed E-state index contributed by atoms with van der Waals surface area (Å²) in [5, 5.41) is 1.05. The molecular formula is C14H20Br2N2. The summed E-state index contributed by atoms with van der Waals surface area (Å²) in [6.45, 7) is 2.14. The van der Waals surface area contributed by atoms with Crippen LogP contribution in [0.25, 0.3) is 0 Å². The molecule has 0 bridgehead atoms. The van der Waals surface area contributed by atoms with E-state index >= 15 is 0 Å². The quantitative estimate of drug-likeness (QED) is 0.710. The minimum atomic E-state index is 0.760.